The van der Waals surface area contributed by atoms with Gasteiger partial charge >= 0.3 is 12.0 Å². The maximum Gasteiger partial charge on any atom is 0.326 e. The van der Waals surface area contributed by atoms with E-state index in [0.29, 0.717) is 26.2 Å². The molecule has 0 aliphatic carbocycles. The minimum atomic E-state index is -1.02. The Morgan fingerprint density at radius 3 is 2.47 bits per heavy atom. The van der Waals surface area contributed by atoms with E-state index >= 15 is 0 Å². The fourth-order valence-corrected chi connectivity index (χ4v) is 1.23. The Morgan fingerprint density at radius 1 is 1.35 bits per heavy atom. The lowest BCUT2D eigenvalue weighted by Crippen LogP contribution is -2.48. The van der Waals surface area contributed by atoms with Gasteiger partial charge in [-0.05, 0) is 19.3 Å². The van der Waals surface area contributed by atoms with Crippen LogP contribution < -0.4 is 10.6 Å². The summed E-state index contributed by atoms with van der Waals surface area (Å²) in [5.41, 5.74) is 0. The summed E-state index contributed by atoms with van der Waals surface area (Å²) >= 11 is 0. The van der Waals surface area contributed by atoms with Gasteiger partial charge < -0.3 is 20.5 Å². The van der Waals surface area contributed by atoms with Crippen molar-refractivity contribution in [1.82, 2.24) is 10.6 Å². The van der Waals surface area contributed by atoms with E-state index in [4.69, 9.17) is 9.84 Å². The topological polar surface area (TPSA) is 87.7 Å². The number of hydrogen-bond acceptors (Lipinski definition) is 3. The van der Waals surface area contributed by atoms with Crippen LogP contribution in [0.2, 0.25) is 0 Å². The standard InChI is InChI=1S/C11H22N2O4/c1-4-17-7-5-6-12-11(16)13-9(8(2)3)10(14)15/h8-9H,4-7H2,1-3H3,(H,14,15)(H2,12,13,16)/t9-/m1/s1. The first-order valence-corrected chi connectivity index (χ1v) is 5.84. The molecule has 0 aliphatic heterocycles. The summed E-state index contributed by atoms with van der Waals surface area (Å²) in [5, 5.41) is 13.9. The van der Waals surface area contributed by atoms with Crippen molar-refractivity contribution >= 4 is 12.0 Å². The molecule has 0 saturated carbocycles. The predicted octanol–water partition coefficient (Wildman–Crippen LogP) is 0.821. The summed E-state index contributed by atoms with van der Waals surface area (Å²) in [5.74, 6) is -1.17. The maximum absolute atomic E-state index is 11.4. The summed E-state index contributed by atoms with van der Waals surface area (Å²) in [6.45, 7) is 7.10. The molecule has 0 fully saturated rings. The number of rotatable bonds is 8. The van der Waals surface area contributed by atoms with Crippen LogP contribution in [0.25, 0.3) is 0 Å². The zero-order chi connectivity index (χ0) is 13.3. The molecule has 3 N–H and O–H groups in total. The molecule has 0 spiro atoms. The number of urea groups is 1. The lowest BCUT2D eigenvalue weighted by Gasteiger charge is -2.18. The average molecular weight is 246 g/mol. The van der Waals surface area contributed by atoms with E-state index in [0.717, 1.165) is 0 Å². The maximum atomic E-state index is 11.4. The van der Waals surface area contributed by atoms with Crippen LogP contribution in [0.15, 0.2) is 0 Å². The normalized spacial score (nSPS) is 12.2. The second kappa shape index (κ2) is 8.81. The van der Waals surface area contributed by atoms with Crippen molar-refractivity contribution in [3.63, 3.8) is 0 Å². The number of amides is 2. The number of hydrogen-bond donors (Lipinski definition) is 3. The fourth-order valence-electron chi connectivity index (χ4n) is 1.23. The quantitative estimate of drug-likeness (QED) is 0.553. The van der Waals surface area contributed by atoms with Crippen LogP contribution in [0.4, 0.5) is 4.79 Å². The van der Waals surface area contributed by atoms with Crippen LogP contribution in [0.3, 0.4) is 0 Å². The van der Waals surface area contributed by atoms with Crippen LogP contribution in [0.5, 0.6) is 0 Å². The molecule has 100 valence electrons. The Labute approximate surface area is 102 Å². The van der Waals surface area contributed by atoms with Crippen LogP contribution in [-0.4, -0.2) is 42.9 Å². The monoisotopic (exact) mass is 246 g/mol. The first-order chi connectivity index (χ1) is 7.99. The summed E-state index contributed by atoms with van der Waals surface area (Å²) in [6, 6.07) is -1.32. The Kier molecular flexibility index (Phi) is 8.13. The second-order valence-electron chi connectivity index (χ2n) is 4.01. The number of nitrogens with one attached hydrogen (secondary N) is 2. The molecule has 0 unspecified atom stereocenters. The number of carbonyl (C=O) groups excluding carboxylic acids is 1. The molecule has 6 heteroatoms. The molecule has 0 aromatic carbocycles. The minimum absolute atomic E-state index is 0.151. The lowest BCUT2D eigenvalue weighted by atomic mass is 10.1. The Bertz CT molecular complexity index is 244. The SMILES string of the molecule is CCOCCCNC(=O)N[C@@H](C(=O)O)C(C)C. The van der Waals surface area contributed by atoms with Gasteiger partial charge in [-0.1, -0.05) is 13.8 Å². The van der Waals surface area contributed by atoms with Gasteiger partial charge in [-0.3, -0.25) is 0 Å². The molecule has 1 atom stereocenters. The van der Waals surface area contributed by atoms with Gasteiger partial charge in [-0.15, -0.1) is 0 Å². The highest BCUT2D eigenvalue weighted by Crippen LogP contribution is 2.01. The van der Waals surface area contributed by atoms with Crippen LogP contribution >= 0.6 is 0 Å². The zero-order valence-electron chi connectivity index (χ0n) is 10.7. The molecule has 6 nitrogen and oxygen atoms in total. The summed E-state index contributed by atoms with van der Waals surface area (Å²) in [7, 11) is 0. The first-order valence-electron chi connectivity index (χ1n) is 5.84. The van der Waals surface area contributed by atoms with Crippen molar-refractivity contribution in [1.29, 1.82) is 0 Å². The van der Waals surface area contributed by atoms with E-state index < -0.39 is 18.0 Å². The molecule has 0 heterocycles. The molecule has 2 amide bonds. The van der Waals surface area contributed by atoms with Crippen LogP contribution in [0, 0.1) is 5.92 Å². The van der Waals surface area contributed by atoms with Crippen molar-refractivity contribution in [2.24, 2.45) is 5.92 Å². The minimum Gasteiger partial charge on any atom is -0.480 e. The van der Waals surface area contributed by atoms with Crippen molar-refractivity contribution in [3.8, 4) is 0 Å². The van der Waals surface area contributed by atoms with Crippen LogP contribution in [0.1, 0.15) is 27.2 Å². The molecule has 0 saturated heterocycles. The Hall–Kier alpha value is -1.30. The van der Waals surface area contributed by atoms with E-state index in [2.05, 4.69) is 10.6 Å². The number of carbonyl (C=O) groups is 2. The third kappa shape index (κ3) is 7.57. The molecule has 0 rings (SSSR count). The molecule has 0 radical (unpaired) electrons. The highest BCUT2D eigenvalue weighted by molar-refractivity contribution is 5.82. The van der Waals surface area contributed by atoms with Crippen molar-refractivity contribution in [3.05, 3.63) is 0 Å². The number of carboxylic acid groups (broad SMARTS) is 1. The van der Waals surface area contributed by atoms with Gasteiger partial charge in [0.1, 0.15) is 6.04 Å². The van der Waals surface area contributed by atoms with Crippen molar-refractivity contribution in [2.75, 3.05) is 19.8 Å². The van der Waals surface area contributed by atoms with E-state index in [-0.39, 0.29) is 5.92 Å². The first kappa shape index (κ1) is 15.7. The summed E-state index contributed by atoms with van der Waals surface area (Å²) in [6.07, 6.45) is 0.709. The van der Waals surface area contributed by atoms with Gasteiger partial charge in [0.2, 0.25) is 0 Å². The highest BCUT2D eigenvalue weighted by atomic mass is 16.5. The molecular formula is C11H22N2O4. The third-order valence-electron chi connectivity index (χ3n) is 2.17. The second-order valence-corrected chi connectivity index (χ2v) is 4.01. The number of aliphatic carboxylic acids is 1. The van der Waals surface area contributed by atoms with E-state index in [1.807, 2.05) is 6.92 Å². The van der Waals surface area contributed by atoms with Gasteiger partial charge in [0, 0.05) is 19.8 Å². The smallest absolute Gasteiger partial charge is 0.326 e. The lowest BCUT2D eigenvalue weighted by molar-refractivity contribution is -0.140. The fraction of sp³-hybridized carbons (Fsp3) is 0.818. The Balaban J connectivity index is 3.80. The van der Waals surface area contributed by atoms with Crippen LogP contribution in [-0.2, 0) is 9.53 Å². The highest BCUT2D eigenvalue weighted by Gasteiger charge is 2.22. The molecular weight excluding hydrogens is 224 g/mol. The van der Waals surface area contributed by atoms with E-state index in [1.54, 1.807) is 13.8 Å². The summed E-state index contributed by atoms with van der Waals surface area (Å²) < 4.78 is 5.11. The van der Waals surface area contributed by atoms with Gasteiger partial charge in [0.05, 0.1) is 0 Å². The molecule has 0 aromatic rings. The molecule has 0 bridgehead atoms. The number of carboxylic acids is 1. The third-order valence-corrected chi connectivity index (χ3v) is 2.17. The zero-order valence-corrected chi connectivity index (χ0v) is 10.7. The van der Waals surface area contributed by atoms with Gasteiger partial charge in [-0.25, -0.2) is 9.59 Å². The largest absolute Gasteiger partial charge is 0.480 e. The predicted molar refractivity (Wildman–Crippen MR) is 63.9 cm³/mol. The van der Waals surface area contributed by atoms with E-state index in [9.17, 15) is 9.59 Å². The average Bonchev–Trinajstić information content (AvgIpc) is 2.24. The number of ether oxygens (including phenoxy) is 1. The molecule has 0 aliphatic rings. The van der Waals surface area contributed by atoms with E-state index in [1.165, 1.54) is 0 Å². The van der Waals surface area contributed by atoms with Crippen molar-refractivity contribution < 1.29 is 19.4 Å². The van der Waals surface area contributed by atoms with Gasteiger partial charge in [0.25, 0.3) is 0 Å². The molecule has 0 aromatic heterocycles. The van der Waals surface area contributed by atoms with Gasteiger partial charge in [0.15, 0.2) is 0 Å². The molecule has 17 heavy (non-hydrogen) atoms. The van der Waals surface area contributed by atoms with Gasteiger partial charge in [-0.2, -0.15) is 0 Å². The summed E-state index contributed by atoms with van der Waals surface area (Å²) in [4.78, 5) is 22.2. The Morgan fingerprint density at radius 2 is 2.00 bits per heavy atom. The van der Waals surface area contributed by atoms with Crippen molar-refractivity contribution in [2.45, 2.75) is 33.2 Å².